The lowest BCUT2D eigenvalue weighted by Crippen LogP contribution is -2.23. The molecule has 0 atom stereocenters. The normalized spacial score (nSPS) is 10.1. The molecule has 82 valence electrons. The van der Waals surface area contributed by atoms with Crippen LogP contribution in [-0.4, -0.2) is 10.9 Å². The van der Waals surface area contributed by atoms with Gasteiger partial charge in [-0.25, -0.2) is 4.98 Å². The van der Waals surface area contributed by atoms with Crippen molar-refractivity contribution in [2.45, 2.75) is 11.4 Å². The number of hydrogen-bond acceptors (Lipinski definition) is 4. The third-order valence-electron chi connectivity index (χ3n) is 2.03. The molecule has 0 radical (unpaired) electrons. The Balaban J connectivity index is 2.01. The summed E-state index contributed by atoms with van der Waals surface area (Å²) in [6, 6.07) is 7.21. The highest BCUT2D eigenvalue weighted by Crippen LogP contribution is 2.12. The first-order valence-electron chi connectivity index (χ1n) is 4.72. The van der Waals surface area contributed by atoms with Crippen LogP contribution in [0.3, 0.4) is 0 Å². The second-order valence-corrected chi connectivity index (χ2v) is 4.59. The summed E-state index contributed by atoms with van der Waals surface area (Å²) in [7, 11) is 0. The van der Waals surface area contributed by atoms with E-state index in [4.69, 9.17) is 0 Å². The maximum atomic E-state index is 11.8. The highest BCUT2D eigenvalue weighted by molar-refractivity contribution is 7.80. The SMILES string of the molecule is O=C(NCc1nccs1)c1ccccc1S. The van der Waals surface area contributed by atoms with Crippen LogP contribution in [0.15, 0.2) is 40.7 Å². The Bertz CT molecular complexity index is 482. The van der Waals surface area contributed by atoms with Crippen LogP contribution >= 0.6 is 24.0 Å². The number of nitrogens with one attached hydrogen (secondary N) is 1. The first-order valence-corrected chi connectivity index (χ1v) is 6.04. The highest BCUT2D eigenvalue weighted by Gasteiger charge is 2.08. The minimum atomic E-state index is -0.124. The third kappa shape index (κ3) is 2.62. The standard InChI is InChI=1S/C11H10N2OS2/c14-11(8-3-1-2-4-9(8)15)13-7-10-12-5-6-16-10/h1-6,15H,7H2,(H,13,14). The molecule has 0 aliphatic heterocycles. The van der Waals surface area contributed by atoms with Gasteiger partial charge in [0.1, 0.15) is 5.01 Å². The minimum Gasteiger partial charge on any atom is -0.345 e. The number of carbonyl (C=O) groups excluding carboxylic acids is 1. The molecule has 0 unspecified atom stereocenters. The largest absolute Gasteiger partial charge is 0.345 e. The van der Waals surface area contributed by atoms with Crippen molar-refractivity contribution in [2.24, 2.45) is 0 Å². The van der Waals surface area contributed by atoms with Crippen LogP contribution in [0.5, 0.6) is 0 Å². The molecule has 5 heteroatoms. The van der Waals surface area contributed by atoms with E-state index in [2.05, 4.69) is 22.9 Å². The van der Waals surface area contributed by atoms with Crippen LogP contribution in [0.1, 0.15) is 15.4 Å². The number of amides is 1. The number of benzene rings is 1. The fourth-order valence-electron chi connectivity index (χ4n) is 1.26. The fourth-order valence-corrected chi connectivity index (χ4v) is 2.08. The zero-order valence-electron chi connectivity index (χ0n) is 8.38. The lowest BCUT2D eigenvalue weighted by molar-refractivity contribution is 0.0948. The zero-order valence-corrected chi connectivity index (χ0v) is 10.1. The topological polar surface area (TPSA) is 42.0 Å². The number of hydrogen-bond donors (Lipinski definition) is 2. The van der Waals surface area contributed by atoms with Gasteiger partial charge in [0, 0.05) is 16.5 Å². The molecule has 0 fully saturated rings. The Kier molecular flexibility index (Phi) is 3.58. The van der Waals surface area contributed by atoms with E-state index in [1.54, 1.807) is 18.3 Å². The summed E-state index contributed by atoms with van der Waals surface area (Å²) >= 11 is 5.75. The molecular weight excluding hydrogens is 240 g/mol. The lowest BCUT2D eigenvalue weighted by Gasteiger charge is -2.05. The van der Waals surface area contributed by atoms with E-state index in [0.29, 0.717) is 17.0 Å². The molecule has 0 aliphatic rings. The van der Waals surface area contributed by atoms with Crippen LogP contribution in [0.4, 0.5) is 0 Å². The molecule has 0 aliphatic carbocycles. The molecule has 16 heavy (non-hydrogen) atoms. The third-order valence-corrected chi connectivity index (χ3v) is 3.20. The number of rotatable bonds is 3. The molecule has 1 amide bonds. The molecule has 1 aromatic heterocycles. The molecule has 1 N–H and O–H groups in total. The van der Waals surface area contributed by atoms with E-state index >= 15 is 0 Å². The number of thiazole rings is 1. The van der Waals surface area contributed by atoms with Crippen molar-refractivity contribution in [2.75, 3.05) is 0 Å². The van der Waals surface area contributed by atoms with Gasteiger partial charge in [0.15, 0.2) is 0 Å². The summed E-state index contributed by atoms with van der Waals surface area (Å²) in [5.41, 5.74) is 0.586. The molecule has 0 bridgehead atoms. The van der Waals surface area contributed by atoms with Crippen molar-refractivity contribution in [1.82, 2.24) is 10.3 Å². The average Bonchev–Trinajstić information content (AvgIpc) is 2.79. The van der Waals surface area contributed by atoms with Crippen LogP contribution in [-0.2, 0) is 6.54 Å². The first kappa shape index (κ1) is 11.2. The van der Waals surface area contributed by atoms with Gasteiger partial charge in [-0.15, -0.1) is 24.0 Å². The molecule has 0 spiro atoms. The van der Waals surface area contributed by atoms with E-state index in [-0.39, 0.29) is 5.91 Å². The number of thiol groups is 1. The van der Waals surface area contributed by atoms with Crippen LogP contribution in [0, 0.1) is 0 Å². The van der Waals surface area contributed by atoms with Crippen molar-refractivity contribution < 1.29 is 4.79 Å². The maximum absolute atomic E-state index is 11.8. The summed E-state index contributed by atoms with van der Waals surface area (Å²) in [6.07, 6.45) is 1.72. The summed E-state index contributed by atoms with van der Waals surface area (Å²) in [6.45, 7) is 0.457. The molecular formula is C11H10N2OS2. The van der Waals surface area contributed by atoms with Crippen molar-refractivity contribution in [3.63, 3.8) is 0 Å². The fraction of sp³-hybridized carbons (Fsp3) is 0.0909. The Morgan fingerprint density at radius 2 is 2.25 bits per heavy atom. The second-order valence-electron chi connectivity index (χ2n) is 3.13. The second kappa shape index (κ2) is 5.14. The monoisotopic (exact) mass is 250 g/mol. The van der Waals surface area contributed by atoms with Crippen LogP contribution in [0.2, 0.25) is 0 Å². The highest BCUT2D eigenvalue weighted by atomic mass is 32.1. The first-order chi connectivity index (χ1) is 7.77. The molecule has 0 saturated heterocycles. The minimum absolute atomic E-state index is 0.124. The predicted molar refractivity (Wildman–Crippen MR) is 67.0 cm³/mol. The van der Waals surface area contributed by atoms with E-state index in [9.17, 15) is 4.79 Å². The van der Waals surface area contributed by atoms with E-state index in [1.807, 2.05) is 17.5 Å². The van der Waals surface area contributed by atoms with Crippen molar-refractivity contribution in [3.05, 3.63) is 46.4 Å². The van der Waals surface area contributed by atoms with Crippen molar-refractivity contribution >= 4 is 29.9 Å². The van der Waals surface area contributed by atoms with Gasteiger partial charge in [-0.2, -0.15) is 0 Å². The number of aromatic nitrogens is 1. The molecule has 3 nitrogen and oxygen atoms in total. The van der Waals surface area contributed by atoms with Crippen molar-refractivity contribution in [3.8, 4) is 0 Å². The summed E-state index contributed by atoms with van der Waals surface area (Å²) in [5.74, 6) is -0.124. The van der Waals surface area contributed by atoms with Gasteiger partial charge in [0.2, 0.25) is 0 Å². The van der Waals surface area contributed by atoms with Crippen LogP contribution < -0.4 is 5.32 Å². The van der Waals surface area contributed by atoms with Crippen molar-refractivity contribution in [1.29, 1.82) is 0 Å². The maximum Gasteiger partial charge on any atom is 0.252 e. The number of carbonyl (C=O) groups is 1. The Hall–Kier alpha value is -1.33. The van der Waals surface area contributed by atoms with Gasteiger partial charge in [-0.05, 0) is 12.1 Å². The molecule has 0 saturated carbocycles. The Morgan fingerprint density at radius 1 is 1.44 bits per heavy atom. The predicted octanol–water partition coefficient (Wildman–Crippen LogP) is 2.36. The van der Waals surface area contributed by atoms with Gasteiger partial charge in [-0.1, -0.05) is 12.1 Å². The van der Waals surface area contributed by atoms with Gasteiger partial charge >= 0.3 is 0 Å². The summed E-state index contributed by atoms with van der Waals surface area (Å²) in [4.78, 5) is 16.5. The van der Waals surface area contributed by atoms with E-state index in [0.717, 1.165) is 5.01 Å². The average molecular weight is 250 g/mol. The molecule has 1 aromatic carbocycles. The zero-order chi connectivity index (χ0) is 11.4. The van der Waals surface area contributed by atoms with Gasteiger partial charge in [-0.3, -0.25) is 4.79 Å². The number of nitrogens with zero attached hydrogens (tertiary/aromatic N) is 1. The van der Waals surface area contributed by atoms with E-state index in [1.165, 1.54) is 11.3 Å². The molecule has 1 heterocycles. The van der Waals surface area contributed by atoms with Gasteiger partial charge in [0.05, 0.1) is 12.1 Å². The summed E-state index contributed by atoms with van der Waals surface area (Å²) < 4.78 is 0. The van der Waals surface area contributed by atoms with Gasteiger partial charge in [0.25, 0.3) is 5.91 Å². The Labute approximate surface area is 103 Å². The molecule has 2 rings (SSSR count). The van der Waals surface area contributed by atoms with Crippen LogP contribution in [0.25, 0.3) is 0 Å². The Morgan fingerprint density at radius 3 is 2.94 bits per heavy atom. The quantitative estimate of drug-likeness (QED) is 0.821. The van der Waals surface area contributed by atoms with E-state index < -0.39 is 0 Å². The van der Waals surface area contributed by atoms with Gasteiger partial charge < -0.3 is 5.32 Å². The molecule has 2 aromatic rings. The lowest BCUT2D eigenvalue weighted by atomic mass is 10.2. The smallest absolute Gasteiger partial charge is 0.252 e. The summed E-state index contributed by atoms with van der Waals surface area (Å²) in [5, 5.41) is 5.58.